The van der Waals surface area contributed by atoms with Crippen LogP contribution in [-0.4, -0.2) is 36.2 Å². The Morgan fingerprint density at radius 3 is 2.44 bits per heavy atom. The SMILES string of the molecule is NC(=O)c1ccc(B(O)O)c(N2CCCC2)c1Cl. The third kappa shape index (κ3) is 2.31. The van der Waals surface area contributed by atoms with Gasteiger partial charge in [-0.1, -0.05) is 17.7 Å². The molecule has 4 N–H and O–H groups in total. The lowest BCUT2D eigenvalue weighted by Gasteiger charge is -2.23. The molecule has 18 heavy (non-hydrogen) atoms. The van der Waals surface area contributed by atoms with Gasteiger partial charge in [-0.3, -0.25) is 4.79 Å². The second kappa shape index (κ2) is 5.18. The number of benzene rings is 1. The van der Waals surface area contributed by atoms with Gasteiger partial charge in [-0.25, -0.2) is 0 Å². The lowest BCUT2D eigenvalue weighted by Crippen LogP contribution is -2.37. The zero-order valence-electron chi connectivity index (χ0n) is 9.77. The van der Waals surface area contributed by atoms with Crippen LogP contribution in [0.4, 0.5) is 5.69 Å². The molecule has 1 aliphatic heterocycles. The summed E-state index contributed by atoms with van der Waals surface area (Å²) in [5.41, 5.74) is 6.24. The Kier molecular flexibility index (Phi) is 3.80. The maximum atomic E-state index is 11.3. The van der Waals surface area contributed by atoms with Crippen LogP contribution in [0.3, 0.4) is 0 Å². The van der Waals surface area contributed by atoms with Crippen LogP contribution < -0.4 is 16.1 Å². The van der Waals surface area contributed by atoms with Crippen molar-refractivity contribution in [2.45, 2.75) is 12.8 Å². The minimum absolute atomic E-state index is 0.190. The quantitative estimate of drug-likeness (QED) is 0.658. The smallest absolute Gasteiger partial charge is 0.423 e. The maximum Gasteiger partial charge on any atom is 0.490 e. The summed E-state index contributed by atoms with van der Waals surface area (Å²) >= 11 is 6.17. The number of rotatable bonds is 3. The molecule has 0 unspecified atom stereocenters. The van der Waals surface area contributed by atoms with Crippen molar-refractivity contribution < 1.29 is 14.8 Å². The second-order valence-corrected chi connectivity index (χ2v) is 4.67. The van der Waals surface area contributed by atoms with Crippen molar-refractivity contribution in [1.29, 1.82) is 0 Å². The van der Waals surface area contributed by atoms with Crippen LogP contribution in [0.2, 0.25) is 5.02 Å². The summed E-state index contributed by atoms with van der Waals surface area (Å²) in [5.74, 6) is -0.626. The molecule has 1 aliphatic rings. The predicted molar refractivity (Wildman–Crippen MR) is 71.2 cm³/mol. The van der Waals surface area contributed by atoms with Crippen molar-refractivity contribution >= 4 is 35.8 Å². The van der Waals surface area contributed by atoms with Gasteiger partial charge in [-0.2, -0.15) is 0 Å². The number of anilines is 1. The Bertz CT molecular complexity index is 476. The van der Waals surface area contributed by atoms with Crippen molar-refractivity contribution in [1.82, 2.24) is 0 Å². The highest BCUT2D eigenvalue weighted by Crippen LogP contribution is 2.30. The van der Waals surface area contributed by atoms with Gasteiger partial charge in [-0.15, -0.1) is 0 Å². The van der Waals surface area contributed by atoms with E-state index in [-0.39, 0.29) is 10.6 Å². The van der Waals surface area contributed by atoms with E-state index in [9.17, 15) is 14.8 Å². The number of nitrogens with zero attached hydrogens (tertiary/aromatic N) is 1. The molecule has 2 rings (SSSR count). The Morgan fingerprint density at radius 1 is 1.33 bits per heavy atom. The van der Waals surface area contributed by atoms with Gasteiger partial charge < -0.3 is 20.7 Å². The van der Waals surface area contributed by atoms with Gasteiger partial charge in [-0.05, 0) is 18.9 Å². The van der Waals surface area contributed by atoms with E-state index >= 15 is 0 Å². The highest BCUT2D eigenvalue weighted by Gasteiger charge is 2.27. The van der Waals surface area contributed by atoms with Crippen molar-refractivity contribution in [3.8, 4) is 0 Å². The standard InChI is InChI=1S/C11H14BClN2O3/c13-9-7(11(14)16)3-4-8(12(17)18)10(9)15-5-1-2-6-15/h3-4,17-18H,1-2,5-6H2,(H2,14,16). The van der Waals surface area contributed by atoms with Gasteiger partial charge in [0.25, 0.3) is 0 Å². The minimum atomic E-state index is -1.62. The lowest BCUT2D eigenvalue weighted by molar-refractivity contribution is 0.100. The molecule has 0 bridgehead atoms. The fraction of sp³-hybridized carbons (Fsp3) is 0.364. The predicted octanol–water partition coefficient (Wildman–Crippen LogP) is -0.281. The van der Waals surface area contributed by atoms with E-state index in [4.69, 9.17) is 17.3 Å². The van der Waals surface area contributed by atoms with Crippen LogP contribution in [0.5, 0.6) is 0 Å². The molecular weight excluding hydrogens is 254 g/mol. The Morgan fingerprint density at radius 2 is 1.94 bits per heavy atom. The van der Waals surface area contributed by atoms with E-state index in [1.807, 2.05) is 4.90 Å². The number of carbonyl (C=O) groups is 1. The average Bonchev–Trinajstić information content (AvgIpc) is 2.80. The Balaban J connectivity index is 2.56. The number of hydrogen-bond acceptors (Lipinski definition) is 4. The highest BCUT2D eigenvalue weighted by molar-refractivity contribution is 6.61. The first-order valence-electron chi connectivity index (χ1n) is 5.75. The molecule has 0 aromatic heterocycles. The van der Waals surface area contributed by atoms with Crippen molar-refractivity contribution in [2.24, 2.45) is 5.73 Å². The number of carbonyl (C=O) groups excluding carboxylic acids is 1. The molecule has 1 fully saturated rings. The topological polar surface area (TPSA) is 86.8 Å². The first-order valence-corrected chi connectivity index (χ1v) is 6.13. The van der Waals surface area contributed by atoms with E-state index < -0.39 is 13.0 Å². The largest absolute Gasteiger partial charge is 0.490 e. The molecule has 7 heteroatoms. The van der Waals surface area contributed by atoms with Crippen LogP contribution in [-0.2, 0) is 0 Å². The fourth-order valence-corrected chi connectivity index (χ4v) is 2.63. The zero-order valence-corrected chi connectivity index (χ0v) is 10.5. The average molecular weight is 269 g/mol. The van der Waals surface area contributed by atoms with Crippen molar-refractivity contribution in [3.05, 3.63) is 22.7 Å². The summed E-state index contributed by atoms with van der Waals surface area (Å²) in [7, 11) is -1.62. The monoisotopic (exact) mass is 268 g/mol. The van der Waals surface area contributed by atoms with Gasteiger partial charge in [0.1, 0.15) is 0 Å². The van der Waals surface area contributed by atoms with Gasteiger partial charge in [0.15, 0.2) is 0 Å². The minimum Gasteiger partial charge on any atom is -0.423 e. The number of primary amides is 1. The Hall–Kier alpha value is -1.24. The molecule has 1 heterocycles. The van der Waals surface area contributed by atoms with Crippen LogP contribution in [0.1, 0.15) is 23.2 Å². The van der Waals surface area contributed by atoms with Gasteiger partial charge >= 0.3 is 7.12 Å². The maximum absolute atomic E-state index is 11.3. The van der Waals surface area contributed by atoms with E-state index in [1.165, 1.54) is 12.1 Å². The van der Waals surface area contributed by atoms with E-state index in [0.717, 1.165) is 25.9 Å². The number of halogens is 1. The molecule has 0 spiro atoms. The second-order valence-electron chi connectivity index (χ2n) is 4.30. The van der Waals surface area contributed by atoms with Crippen molar-refractivity contribution in [2.75, 3.05) is 18.0 Å². The summed E-state index contributed by atoms with van der Waals surface area (Å²) in [6.07, 6.45) is 2.02. The third-order valence-electron chi connectivity index (χ3n) is 3.11. The first kappa shape index (κ1) is 13.2. The zero-order chi connectivity index (χ0) is 13.3. The van der Waals surface area contributed by atoms with Gasteiger partial charge in [0.2, 0.25) is 5.91 Å². The molecule has 0 aliphatic carbocycles. The molecule has 1 saturated heterocycles. The molecule has 0 atom stereocenters. The number of amides is 1. The molecule has 1 aromatic carbocycles. The molecule has 96 valence electrons. The normalized spacial score (nSPS) is 14.9. The highest BCUT2D eigenvalue weighted by atomic mass is 35.5. The fourth-order valence-electron chi connectivity index (χ4n) is 2.24. The van der Waals surface area contributed by atoms with E-state index in [2.05, 4.69) is 0 Å². The summed E-state index contributed by atoms with van der Waals surface area (Å²) in [5, 5.41) is 18.9. The summed E-state index contributed by atoms with van der Waals surface area (Å²) in [6, 6.07) is 2.89. The van der Waals surface area contributed by atoms with Crippen LogP contribution in [0.15, 0.2) is 12.1 Å². The number of hydrogen-bond donors (Lipinski definition) is 3. The molecule has 1 amide bonds. The molecule has 1 aromatic rings. The van der Waals surface area contributed by atoms with E-state index in [0.29, 0.717) is 11.2 Å². The molecule has 0 saturated carbocycles. The Labute approximate surface area is 110 Å². The van der Waals surface area contributed by atoms with Gasteiger partial charge in [0.05, 0.1) is 16.3 Å². The summed E-state index contributed by atoms with van der Waals surface area (Å²) in [6.45, 7) is 1.56. The number of nitrogens with two attached hydrogens (primary N) is 1. The van der Waals surface area contributed by atoms with Crippen LogP contribution in [0, 0.1) is 0 Å². The van der Waals surface area contributed by atoms with Crippen molar-refractivity contribution in [3.63, 3.8) is 0 Å². The molecular formula is C11H14BClN2O3. The first-order chi connectivity index (χ1) is 8.52. The van der Waals surface area contributed by atoms with Crippen LogP contribution in [0.25, 0.3) is 0 Å². The third-order valence-corrected chi connectivity index (χ3v) is 3.50. The van der Waals surface area contributed by atoms with Crippen LogP contribution >= 0.6 is 11.6 Å². The lowest BCUT2D eigenvalue weighted by atomic mass is 9.78. The van der Waals surface area contributed by atoms with Gasteiger partial charge in [0, 0.05) is 18.6 Å². The summed E-state index contributed by atoms with van der Waals surface area (Å²) in [4.78, 5) is 13.2. The summed E-state index contributed by atoms with van der Waals surface area (Å²) < 4.78 is 0. The molecule has 5 nitrogen and oxygen atoms in total. The van der Waals surface area contributed by atoms with E-state index in [1.54, 1.807) is 0 Å². The molecule has 0 radical (unpaired) electrons.